The van der Waals surface area contributed by atoms with Gasteiger partial charge in [-0.15, -0.1) is 0 Å². The molecule has 1 amide bonds. The molecule has 1 fully saturated rings. The average molecular weight is 412 g/mol. The Labute approximate surface area is 169 Å². The molecule has 162 valence electrons. The van der Waals surface area contributed by atoms with Crippen LogP contribution >= 0.6 is 0 Å². The van der Waals surface area contributed by atoms with Gasteiger partial charge in [-0.25, -0.2) is 9.78 Å². The van der Waals surface area contributed by atoms with Gasteiger partial charge in [-0.1, -0.05) is 13.3 Å². The van der Waals surface area contributed by atoms with Crippen LogP contribution in [0.5, 0.6) is 11.5 Å². The highest BCUT2D eigenvalue weighted by molar-refractivity contribution is 5.98. The summed E-state index contributed by atoms with van der Waals surface area (Å²) in [5.41, 5.74) is -0.300. The third kappa shape index (κ3) is 6.02. The van der Waals surface area contributed by atoms with Gasteiger partial charge in [0.15, 0.2) is 23.2 Å². The molecule has 0 aliphatic carbocycles. The molecule has 4 atom stereocenters. The summed E-state index contributed by atoms with van der Waals surface area (Å²) in [7, 11) is 1.34. The van der Waals surface area contributed by atoms with Crippen molar-refractivity contribution in [1.82, 2.24) is 10.3 Å². The highest BCUT2D eigenvalue weighted by Crippen LogP contribution is 2.27. The number of carbonyl (C=O) groups is 2. The summed E-state index contributed by atoms with van der Waals surface area (Å²) in [6, 6.07) is 0.240. The lowest BCUT2D eigenvalue weighted by molar-refractivity contribution is -0.160. The Morgan fingerprint density at radius 1 is 1.41 bits per heavy atom. The average Bonchev–Trinajstić information content (AvgIpc) is 2.74. The number of nitrogens with zero attached hydrogens (tertiary/aromatic N) is 1. The third-order valence-corrected chi connectivity index (χ3v) is 4.47. The largest absolute Gasteiger partial charge is 0.503 e. The van der Waals surface area contributed by atoms with Gasteiger partial charge >= 0.3 is 5.97 Å². The standard InChI is InChI=1S/C19H28N2O8/c1-4-5-8-28-14-10-27-9-12(19(25)29-11(2)16(14)22)21-18(24)15-17(23)13(26-3)6-7-20-15/h6-7,11-12,14,16,22-23H,4-5,8-10H2,1-3H3,(H,21,24). The monoisotopic (exact) mass is 412 g/mol. The van der Waals surface area contributed by atoms with Gasteiger partial charge in [-0.3, -0.25) is 4.79 Å². The first kappa shape index (κ1) is 22.9. The lowest BCUT2D eigenvalue weighted by Crippen LogP contribution is -2.46. The Kier molecular flexibility index (Phi) is 8.62. The Morgan fingerprint density at radius 3 is 2.86 bits per heavy atom. The maximum absolute atomic E-state index is 12.5. The number of pyridine rings is 1. The fourth-order valence-electron chi connectivity index (χ4n) is 2.73. The summed E-state index contributed by atoms with van der Waals surface area (Å²) in [5, 5.41) is 22.9. The molecular weight excluding hydrogens is 384 g/mol. The van der Waals surface area contributed by atoms with Crippen LogP contribution in [-0.4, -0.2) is 78.4 Å². The van der Waals surface area contributed by atoms with Crippen LogP contribution in [-0.2, 0) is 19.0 Å². The minimum Gasteiger partial charge on any atom is -0.503 e. The van der Waals surface area contributed by atoms with Crippen LogP contribution in [0.15, 0.2) is 12.3 Å². The van der Waals surface area contributed by atoms with E-state index in [-0.39, 0.29) is 24.7 Å². The van der Waals surface area contributed by atoms with Crippen molar-refractivity contribution in [2.24, 2.45) is 0 Å². The molecular formula is C19H28N2O8. The minimum absolute atomic E-state index is 0.0287. The fraction of sp³-hybridized carbons (Fsp3) is 0.632. The Balaban J connectivity index is 2.08. The van der Waals surface area contributed by atoms with Crippen molar-refractivity contribution in [1.29, 1.82) is 0 Å². The maximum atomic E-state index is 12.5. The van der Waals surface area contributed by atoms with Gasteiger partial charge in [0.25, 0.3) is 5.91 Å². The van der Waals surface area contributed by atoms with Crippen molar-refractivity contribution in [3.8, 4) is 11.5 Å². The molecule has 1 aliphatic rings. The summed E-state index contributed by atoms with van der Waals surface area (Å²) in [6.45, 7) is 3.84. The number of aliphatic hydroxyl groups is 1. The van der Waals surface area contributed by atoms with Gasteiger partial charge < -0.3 is 34.5 Å². The molecule has 0 radical (unpaired) electrons. The molecule has 1 saturated heterocycles. The summed E-state index contributed by atoms with van der Waals surface area (Å²) >= 11 is 0. The van der Waals surface area contributed by atoms with Crippen molar-refractivity contribution in [2.45, 2.75) is 51.0 Å². The molecule has 1 aromatic rings. The lowest BCUT2D eigenvalue weighted by atomic mass is 10.1. The van der Waals surface area contributed by atoms with Gasteiger partial charge in [-0.2, -0.15) is 0 Å². The number of aliphatic hydroxyl groups excluding tert-OH is 1. The number of unbranched alkanes of at least 4 members (excludes halogenated alkanes) is 1. The first-order valence-electron chi connectivity index (χ1n) is 9.49. The first-order valence-corrected chi connectivity index (χ1v) is 9.49. The van der Waals surface area contributed by atoms with E-state index < -0.39 is 42.0 Å². The van der Waals surface area contributed by atoms with Crippen molar-refractivity contribution < 1.29 is 38.7 Å². The number of carbonyl (C=O) groups excluding carboxylic acids is 2. The van der Waals surface area contributed by atoms with E-state index in [0.717, 1.165) is 12.8 Å². The highest BCUT2D eigenvalue weighted by atomic mass is 16.6. The number of aromatic nitrogens is 1. The molecule has 10 heteroatoms. The van der Waals surface area contributed by atoms with E-state index in [2.05, 4.69) is 10.3 Å². The van der Waals surface area contributed by atoms with Gasteiger partial charge in [0.2, 0.25) is 0 Å². The Morgan fingerprint density at radius 2 is 2.17 bits per heavy atom. The Bertz CT molecular complexity index is 699. The zero-order chi connectivity index (χ0) is 21.4. The summed E-state index contributed by atoms with van der Waals surface area (Å²) in [5.74, 6) is -1.95. The van der Waals surface area contributed by atoms with Gasteiger partial charge in [-0.05, 0) is 13.3 Å². The van der Waals surface area contributed by atoms with Crippen molar-refractivity contribution >= 4 is 11.9 Å². The van der Waals surface area contributed by atoms with Gasteiger partial charge in [0.1, 0.15) is 18.3 Å². The molecule has 10 nitrogen and oxygen atoms in total. The SMILES string of the molecule is CCCCOC1COCC(NC(=O)c2nccc(OC)c2O)C(=O)OC(C)C1O. The van der Waals surface area contributed by atoms with Crippen LogP contribution < -0.4 is 10.1 Å². The molecule has 2 heterocycles. The second-order valence-electron chi connectivity index (χ2n) is 6.67. The fourth-order valence-corrected chi connectivity index (χ4v) is 2.73. The second kappa shape index (κ2) is 10.9. The van der Waals surface area contributed by atoms with Crippen molar-refractivity contribution in [3.05, 3.63) is 18.0 Å². The minimum atomic E-state index is -1.15. The molecule has 29 heavy (non-hydrogen) atoms. The van der Waals surface area contributed by atoms with Crippen LogP contribution in [0.2, 0.25) is 0 Å². The number of ether oxygens (including phenoxy) is 4. The zero-order valence-corrected chi connectivity index (χ0v) is 16.8. The van der Waals surface area contributed by atoms with E-state index in [1.165, 1.54) is 19.4 Å². The van der Waals surface area contributed by atoms with Crippen molar-refractivity contribution in [2.75, 3.05) is 26.9 Å². The van der Waals surface area contributed by atoms with E-state index in [1.807, 2.05) is 6.92 Å². The maximum Gasteiger partial charge on any atom is 0.331 e. The summed E-state index contributed by atoms with van der Waals surface area (Å²) in [6.07, 6.45) is 0.457. The van der Waals surface area contributed by atoms with E-state index in [1.54, 1.807) is 6.92 Å². The molecule has 4 unspecified atom stereocenters. The smallest absolute Gasteiger partial charge is 0.331 e. The predicted molar refractivity (Wildman–Crippen MR) is 101 cm³/mol. The number of aromatic hydroxyl groups is 1. The lowest BCUT2D eigenvalue weighted by Gasteiger charge is -2.26. The van der Waals surface area contributed by atoms with Gasteiger partial charge in [0.05, 0.1) is 20.3 Å². The molecule has 0 aromatic carbocycles. The summed E-state index contributed by atoms with van der Waals surface area (Å²) < 4.78 is 21.4. The predicted octanol–water partition coefficient (Wildman–Crippen LogP) is 0.402. The molecule has 0 bridgehead atoms. The van der Waals surface area contributed by atoms with Crippen LogP contribution in [0.3, 0.4) is 0 Å². The number of hydrogen-bond acceptors (Lipinski definition) is 9. The number of amides is 1. The number of cyclic esters (lactones) is 1. The van der Waals surface area contributed by atoms with Crippen LogP contribution in [0.25, 0.3) is 0 Å². The second-order valence-corrected chi connectivity index (χ2v) is 6.67. The molecule has 3 N–H and O–H groups in total. The van der Waals surface area contributed by atoms with Crippen LogP contribution in [0.1, 0.15) is 37.2 Å². The zero-order valence-electron chi connectivity index (χ0n) is 16.8. The number of methoxy groups -OCH3 is 1. The van der Waals surface area contributed by atoms with Crippen LogP contribution in [0.4, 0.5) is 0 Å². The number of esters is 1. The van der Waals surface area contributed by atoms with E-state index in [9.17, 15) is 19.8 Å². The number of rotatable bonds is 7. The normalized spacial score (nSPS) is 25.3. The number of nitrogens with one attached hydrogen (secondary N) is 1. The van der Waals surface area contributed by atoms with Gasteiger partial charge in [0, 0.05) is 18.9 Å². The molecule has 2 rings (SSSR count). The molecule has 1 aliphatic heterocycles. The molecule has 1 aromatic heterocycles. The van der Waals surface area contributed by atoms with Crippen LogP contribution in [0, 0.1) is 0 Å². The topological polar surface area (TPSA) is 136 Å². The van der Waals surface area contributed by atoms with Crippen molar-refractivity contribution in [3.63, 3.8) is 0 Å². The Hall–Kier alpha value is -2.43. The van der Waals surface area contributed by atoms with E-state index >= 15 is 0 Å². The summed E-state index contributed by atoms with van der Waals surface area (Å²) in [4.78, 5) is 28.8. The third-order valence-electron chi connectivity index (χ3n) is 4.47. The molecule has 0 spiro atoms. The first-order chi connectivity index (χ1) is 13.9. The number of hydrogen-bond donors (Lipinski definition) is 3. The van der Waals surface area contributed by atoms with E-state index in [0.29, 0.717) is 6.61 Å². The highest BCUT2D eigenvalue weighted by Gasteiger charge is 2.34. The van der Waals surface area contributed by atoms with E-state index in [4.69, 9.17) is 18.9 Å². The quantitative estimate of drug-likeness (QED) is 0.429. The molecule has 0 saturated carbocycles.